The van der Waals surface area contributed by atoms with Gasteiger partial charge in [0.1, 0.15) is 0 Å². The number of fused-ring (bicyclic) bond motifs is 1. The summed E-state index contributed by atoms with van der Waals surface area (Å²) in [4.78, 5) is 11.8. The number of carbonyl (C=O) groups excluding carboxylic acids is 1. The third-order valence-corrected chi connectivity index (χ3v) is 3.24. The fraction of sp³-hybridized carbons (Fsp3) is 0.533. The number of amides is 1. The van der Waals surface area contributed by atoms with Crippen molar-refractivity contribution in [3.63, 3.8) is 0 Å². The van der Waals surface area contributed by atoms with Crippen LogP contribution in [0.4, 0.5) is 0 Å². The molecule has 0 saturated carbocycles. The van der Waals surface area contributed by atoms with Gasteiger partial charge < -0.3 is 20.1 Å². The molecule has 1 amide bonds. The van der Waals surface area contributed by atoms with Crippen LogP contribution in [-0.2, 0) is 11.3 Å². The zero-order valence-corrected chi connectivity index (χ0v) is 12.1. The maximum atomic E-state index is 11.8. The van der Waals surface area contributed by atoms with Gasteiger partial charge in [0, 0.05) is 25.4 Å². The molecule has 110 valence electrons. The van der Waals surface area contributed by atoms with E-state index in [2.05, 4.69) is 10.6 Å². The van der Waals surface area contributed by atoms with Crippen LogP contribution < -0.4 is 20.1 Å². The summed E-state index contributed by atoms with van der Waals surface area (Å²) >= 11 is 0. The van der Waals surface area contributed by atoms with Crippen molar-refractivity contribution in [2.75, 3.05) is 26.8 Å². The van der Waals surface area contributed by atoms with Crippen molar-refractivity contribution in [2.24, 2.45) is 5.92 Å². The normalized spacial score (nSPS) is 15.3. The van der Waals surface area contributed by atoms with Crippen LogP contribution in [0.2, 0.25) is 0 Å². The Kier molecular flexibility index (Phi) is 5.24. The van der Waals surface area contributed by atoms with E-state index in [1.807, 2.05) is 32.2 Å². The Morgan fingerprint density at radius 2 is 2.05 bits per heavy atom. The first-order valence-electron chi connectivity index (χ1n) is 7.01. The molecule has 1 aliphatic rings. The smallest absolute Gasteiger partial charge is 0.224 e. The molecule has 1 aromatic carbocycles. The van der Waals surface area contributed by atoms with Crippen LogP contribution in [0.1, 0.15) is 18.9 Å². The summed E-state index contributed by atoms with van der Waals surface area (Å²) in [5.41, 5.74) is 1.01. The Morgan fingerprint density at radius 3 is 2.80 bits per heavy atom. The van der Waals surface area contributed by atoms with Crippen LogP contribution in [0.3, 0.4) is 0 Å². The molecule has 1 aromatic rings. The number of rotatable bonds is 5. The van der Waals surface area contributed by atoms with Gasteiger partial charge in [-0.1, -0.05) is 13.0 Å². The summed E-state index contributed by atoms with van der Waals surface area (Å²) in [7, 11) is 1.84. The minimum Gasteiger partial charge on any atom is -0.490 e. The second-order valence-electron chi connectivity index (χ2n) is 5.01. The molecule has 0 aliphatic carbocycles. The Morgan fingerprint density at radius 1 is 1.30 bits per heavy atom. The molecular weight excluding hydrogens is 256 g/mol. The van der Waals surface area contributed by atoms with Crippen molar-refractivity contribution in [1.82, 2.24) is 10.6 Å². The Hall–Kier alpha value is -1.75. The van der Waals surface area contributed by atoms with Gasteiger partial charge in [0.15, 0.2) is 11.5 Å². The van der Waals surface area contributed by atoms with Crippen LogP contribution in [0.15, 0.2) is 18.2 Å². The van der Waals surface area contributed by atoms with E-state index in [1.165, 1.54) is 0 Å². The number of ether oxygens (including phenoxy) is 2. The van der Waals surface area contributed by atoms with Crippen LogP contribution in [0.5, 0.6) is 11.5 Å². The second kappa shape index (κ2) is 7.14. The fourth-order valence-corrected chi connectivity index (χ4v) is 2.08. The summed E-state index contributed by atoms with van der Waals surface area (Å²) < 4.78 is 11.2. The third-order valence-electron chi connectivity index (χ3n) is 3.24. The average molecular weight is 278 g/mol. The zero-order chi connectivity index (χ0) is 14.4. The van der Waals surface area contributed by atoms with E-state index >= 15 is 0 Å². The molecular formula is C15H22N2O3. The third kappa shape index (κ3) is 3.87. The summed E-state index contributed by atoms with van der Waals surface area (Å²) in [6.07, 6.45) is 0.891. The lowest BCUT2D eigenvalue weighted by Crippen LogP contribution is -2.33. The second-order valence-corrected chi connectivity index (χ2v) is 5.01. The van der Waals surface area contributed by atoms with Crippen LogP contribution in [0.25, 0.3) is 0 Å². The first-order chi connectivity index (χ1) is 9.70. The SMILES string of the molecule is CNCC(C)C(=O)NCc1ccc2c(c1)OCCCO2. The predicted octanol–water partition coefficient (Wildman–Crippen LogP) is 1.32. The summed E-state index contributed by atoms with van der Waals surface area (Å²) in [5, 5.41) is 5.93. The highest BCUT2D eigenvalue weighted by Crippen LogP contribution is 2.30. The van der Waals surface area contributed by atoms with Gasteiger partial charge in [-0.05, 0) is 24.7 Å². The van der Waals surface area contributed by atoms with E-state index in [9.17, 15) is 4.79 Å². The molecule has 5 nitrogen and oxygen atoms in total. The number of benzene rings is 1. The molecule has 1 aliphatic heterocycles. The molecule has 0 fully saturated rings. The first-order valence-corrected chi connectivity index (χ1v) is 7.01. The number of carbonyl (C=O) groups is 1. The Labute approximate surface area is 119 Å². The molecule has 20 heavy (non-hydrogen) atoms. The van der Waals surface area contributed by atoms with Crippen LogP contribution in [0, 0.1) is 5.92 Å². The van der Waals surface area contributed by atoms with E-state index in [-0.39, 0.29) is 11.8 Å². The largest absolute Gasteiger partial charge is 0.490 e. The van der Waals surface area contributed by atoms with Crippen molar-refractivity contribution in [3.8, 4) is 11.5 Å². The molecule has 0 aromatic heterocycles. The van der Waals surface area contributed by atoms with Crippen molar-refractivity contribution in [2.45, 2.75) is 19.9 Å². The highest BCUT2D eigenvalue weighted by molar-refractivity contribution is 5.78. The predicted molar refractivity (Wildman–Crippen MR) is 77.0 cm³/mol. The standard InChI is InChI=1S/C15H22N2O3/c1-11(9-16-2)15(18)17-10-12-4-5-13-14(8-12)20-7-3-6-19-13/h4-5,8,11,16H,3,6-7,9-10H2,1-2H3,(H,17,18). The van der Waals surface area contributed by atoms with Gasteiger partial charge in [0.05, 0.1) is 13.2 Å². The van der Waals surface area contributed by atoms with Crippen LogP contribution >= 0.6 is 0 Å². The lowest BCUT2D eigenvalue weighted by atomic mass is 10.1. The molecule has 2 rings (SSSR count). The average Bonchev–Trinajstić information content (AvgIpc) is 2.69. The molecule has 2 N–H and O–H groups in total. The number of hydrogen-bond acceptors (Lipinski definition) is 4. The molecule has 0 saturated heterocycles. The minimum atomic E-state index is -0.0413. The summed E-state index contributed by atoms with van der Waals surface area (Å²) in [6.45, 7) is 4.43. The molecule has 1 heterocycles. The van der Waals surface area contributed by atoms with Gasteiger partial charge in [-0.3, -0.25) is 4.79 Å². The van der Waals surface area contributed by atoms with Gasteiger partial charge in [0.2, 0.25) is 5.91 Å². The molecule has 0 spiro atoms. The van der Waals surface area contributed by atoms with E-state index in [0.29, 0.717) is 26.3 Å². The monoisotopic (exact) mass is 278 g/mol. The topological polar surface area (TPSA) is 59.6 Å². The highest BCUT2D eigenvalue weighted by Gasteiger charge is 2.13. The van der Waals surface area contributed by atoms with Crippen molar-refractivity contribution >= 4 is 5.91 Å². The van der Waals surface area contributed by atoms with Crippen molar-refractivity contribution < 1.29 is 14.3 Å². The van der Waals surface area contributed by atoms with Crippen LogP contribution in [-0.4, -0.2) is 32.7 Å². The van der Waals surface area contributed by atoms with E-state index in [4.69, 9.17) is 9.47 Å². The van der Waals surface area contributed by atoms with Crippen molar-refractivity contribution in [3.05, 3.63) is 23.8 Å². The van der Waals surface area contributed by atoms with E-state index in [0.717, 1.165) is 23.5 Å². The molecule has 0 radical (unpaired) electrons. The quantitative estimate of drug-likeness (QED) is 0.853. The Balaban J connectivity index is 1.93. The van der Waals surface area contributed by atoms with Gasteiger partial charge >= 0.3 is 0 Å². The highest BCUT2D eigenvalue weighted by atomic mass is 16.5. The lowest BCUT2D eigenvalue weighted by Gasteiger charge is -2.13. The van der Waals surface area contributed by atoms with Gasteiger partial charge in [-0.15, -0.1) is 0 Å². The summed E-state index contributed by atoms with van der Waals surface area (Å²) in [6, 6.07) is 5.79. The molecule has 5 heteroatoms. The van der Waals surface area contributed by atoms with Gasteiger partial charge in [-0.2, -0.15) is 0 Å². The molecule has 1 atom stereocenters. The maximum Gasteiger partial charge on any atom is 0.224 e. The zero-order valence-electron chi connectivity index (χ0n) is 12.1. The van der Waals surface area contributed by atoms with Gasteiger partial charge in [-0.25, -0.2) is 0 Å². The van der Waals surface area contributed by atoms with Crippen molar-refractivity contribution in [1.29, 1.82) is 0 Å². The minimum absolute atomic E-state index is 0.0413. The van der Waals surface area contributed by atoms with E-state index in [1.54, 1.807) is 0 Å². The lowest BCUT2D eigenvalue weighted by molar-refractivity contribution is -0.124. The number of hydrogen-bond donors (Lipinski definition) is 2. The fourth-order valence-electron chi connectivity index (χ4n) is 2.08. The first kappa shape index (κ1) is 14.7. The Bertz CT molecular complexity index is 462. The van der Waals surface area contributed by atoms with E-state index < -0.39 is 0 Å². The molecule has 1 unspecified atom stereocenters. The van der Waals surface area contributed by atoms with Gasteiger partial charge in [0.25, 0.3) is 0 Å². The maximum absolute atomic E-state index is 11.8. The molecule has 0 bridgehead atoms. The number of nitrogens with one attached hydrogen (secondary N) is 2. The summed E-state index contributed by atoms with van der Waals surface area (Å²) in [5.74, 6) is 1.55.